The van der Waals surface area contributed by atoms with Gasteiger partial charge < -0.3 is 15.6 Å². The van der Waals surface area contributed by atoms with E-state index in [0.29, 0.717) is 17.2 Å². The molecule has 3 nitrogen and oxygen atoms in total. The smallest absolute Gasteiger partial charge is 0.193 e. The van der Waals surface area contributed by atoms with E-state index in [2.05, 4.69) is 19.6 Å². The van der Waals surface area contributed by atoms with Crippen molar-refractivity contribution < 1.29 is 4.12 Å². The van der Waals surface area contributed by atoms with Gasteiger partial charge in [0.25, 0.3) is 0 Å². The summed E-state index contributed by atoms with van der Waals surface area (Å²) in [5.74, 6) is 0. The molecule has 0 radical (unpaired) electrons. The van der Waals surface area contributed by atoms with Gasteiger partial charge in [-0.1, -0.05) is 89.9 Å². The van der Waals surface area contributed by atoms with E-state index in [9.17, 15) is 0 Å². The highest BCUT2D eigenvalue weighted by Crippen LogP contribution is 2.38. The van der Waals surface area contributed by atoms with Crippen LogP contribution in [0, 0.1) is 0 Å². The zero-order valence-electron chi connectivity index (χ0n) is 20.0. The molecule has 1 aliphatic carbocycles. The van der Waals surface area contributed by atoms with E-state index in [1.54, 1.807) is 0 Å². The predicted molar refractivity (Wildman–Crippen MR) is 133 cm³/mol. The lowest BCUT2D eigenvalue weighted by atomic mass is 10.0. The Hall–Kier alpha value is 0.314. The fourth-order valence-electron chi connectivity index (χ4n) is 5.92. The Morgan fingerprint density at radius 1 is 0.655 bits per heavy atom. The number of nitrogens with two attached hydrogens (primary N) is 2. The van der Waals surface area contributed by atoms with Gasteiger partial charge in [-0.25, -0.2) is 0 Å². The lowest BCUT2D eigenvalue weighted by molar-refractivity contribution is 0.424. The fourth-order valence-corrected chi connectivity index (χ4v) is 16.6. The van der Waals surface area contributed by atoms with Gasteiger partial charge in [0.1, 0.15) is 0 Å². The molecule has 1 saturated carbocycles. The minimum atomic E-state index is -1.93. The average molecular weight is 441 g/mol. The van der Waals surface area contributed by atoms with Crippen LogP contribution in [0.1, 0.15) is 109 Å². The van der Waals surface area contributed by atoms with Gasteiger partial charge in [0.2, 0.25) is 0 Å². The second kappa shape index (κ2) is 13.0. The fraction of sp³-hybridized carbons (Fsp3) is 1.00. The van der Waals surface area contributed by atoms with Crippen molar-refractivity contribution in [2.24, 2.45) is 11.5 Å². The lowest BCUT2D eigenvalue weighted by Gasteiger charge is -2.45. The Morgan fingerprint density at radius 2 is 1.10 bits per heavy atom. The van der Waals surface area contributed by atoms with Crippen LogP contribution >= 0.6 is 0 Å². The standard InChI is InChI=1S/C24H52N2OSi2/c1-28(2,23-19-15-11-7-4-6-10-14-18-22(23)25)27-29(3)21-17-13-9-5-8-12-16-20-24(29)26/h22-24H,4-21,25-26H2,1-3H3. The van der Waals surface area contributed by atoms with Crippen LogP contribution in [0.25, 0.3) is 0 Å². The molecule has 4 unspecified atom stereocenters. The summed E-state index contributed by atoms with van der Waals surface area (Å²) >= 11 is 0. The Labute approximate surface area is 184 Å². The van der Waals surface area contributed by atoms with Crippen molar-refractivity contribution in [1.29, 1.82) is 0 Å². The third-order valence-corrected chi connectivity index (χ3v) is 17.6. The molecule has 172 valence electrons. The molecule has 1 saturated heterocycles. The topological polar surface area (TPSA) is 61.3 Å². The zero-order chi connectivity index (χ0) is 21.2. The Bertz CT molecular complexity index is 449. The molecule has 0 spiro atoms. The molecule has 0 aromatic rings. The van der Waals surface area contributed by atoms with Crippen LogP contribution in [-0.2, 0) is 4.12 Å². The van der Waals surface area contributed by atoms with Crippen molar-refractivity contribution in [3.63, 3.8) is 0 Å². The molecular weight excluding hydrogens is 388 g/mol. The van der Waals surface area contributed by atoms with E-state index in [-0.39, 0.29) is 0 Å². The Morgan fingerprint density at radius 3 is 1.69 bits per heavy atom. The maximum Gasteiger partial charge on any atom is 0.193 e. The van der Waals surface area contributed by atoms with E-state index < -0.39 is 16.6 Å². The van der Waals surface area contributed by atoms with Crippen LogP contribution in [-0.4, -0.2) is 28.3 Å². The lowest BCUT2D eigenvalue weighted by Crippen LogP contribution is -2.60. The van der Waals surface area contributed by atoms with E-state index in [0.717, 1.165) is 0 Å². The van der Waals surface area contributed by atoms with Crippen LogP contribution in [0.3, 0.4) is 0 Å². The van der Waals surface area contributed by atoms with Crippen LogP contribution in [0.4, 0.5) is 0 Å². The van der Waals surface area contributed by atoms with Gasteiger partial charge in [0, 0.05) is 11.7 Å². The summed E-state index contributed by atoms with van der Waals surface area (Å²) in [6.45, 7) is 7.43. The predicted octanol–water partition coefficient (Wildman–Crippen LogP) is 7.01. The monoisotopic (exact) mass is 440 g/mol. The summed E-state index contributed by atoms with van der Waals surface area (Å²) in [4.78, 5) is 0. The zero-order valence-corrected chi connectivity index (χ0v) is 22.0. The first-order valence-corrected chi connectivity index (χ1v) is 18.7. The second-order valence-corrected chi connectivity index (χ2v) is 19.6. The van der Waals surface area contributed by atoms with Crippen molar-refractivity contribution in [3.05, 3.63) is 0 Å². The van der Waals surface area contributed by atoms with Crippen LogP contribution in [0.2, 0.25) is 31.2 Å². The summed E-state index contributed by atoms with van der Waals surface area (Å²) in [6.07, 6.45) is 22.8. The highest BCUT2D eigenvalue weighted by atomic mass is 28.4. The van der Waals surface area contributed by atoms with Crippen molar-refractivity contribution >= 4 is 16.6 Å². The minimum Gasteiger partial charge on any atom is -0.454 e. The van der Waals surface area contributed by atoms with Crippen LogP contribution < -0.4 is 11.5 Å². The molecule has 4 N–H and O–H groups in total. The van der Waals surface area contributed by atoms with Crippen molar-refractivity contribution in [2.75, 3.05) is 0 Å². The summed E-state index contributed by atoms with van der Waals surface area (Å²) in [5, 5.41) is 0. The van der Waals surface area contributed by atoms with Crippen LogP contribution in [0.15, 0.2) is 0 Å². The Kier molecular flexibility index (Phi) is 11.5. The van der Waals surface area contributed by atoms with E-state index >= 15 is 0 Å². The first kappa shape index (κ1) is 25.6. The van der Waals surface area contributed by atoms with Crippen molar-refractivity contribution in [3.8, 4) is 0 Å². The molecule has 2 fully saturated rings. The molecule has 0 aromatic heterocycles. The molecule has 0 aromatic carbocycles. The molecule has 4 atom stereocenters. The van der Waals surface area contributed by atoms with E-state index in [1.165, 1.54) is 115 Å². The van der Waals surface area contributed by atoms with Gasteiger partial charge >= 0.3 is 0 Å². The molecule has 0 amide bonds. The van der Waals surface area contributed by atoms with Gasteiger partial charge in [0.15, 0.2) is 16.6 Å². The highest BCUT2D eigenvalue weighted by molar-refractivity contribution is 6.87. The molecule has 29 heavy (non-hydrogen) atoms. The second-order valence-electron chi connectivity index (χ2n) is 11.0. The van der Waals surface area contributed by atoms with Gasteiger partial charge in [-0.15, -0.1) is 0 Å². The van der Waals surface area contributed by atoms with Crippen molar-refractivity contribution in [2.45, 2.75) is 152 Å². The largest absolute Gasteiger partial charge is 0.454 e. The molecular formula is C24H52N2OSi2. The van der Waals surface area contributed by atoms with Crippen molar-refractivity contribution in [1.82, 2.24) is 0 Å². The van der Waals surface area contributed by atoms with Gasteiger partial charge in [-0.05, 0) is 50.5 Å². The van der Waals surface area contributed by atoms with Crippen LogP contribution in [0.5, 0.6) is 0 Å². The molecule has 5 heteroatoms. The normalized spacial score (nSPS) is 35.3. The average Bonchev–Trinajstić information content (AvgIpc) is 2.73. The SMILES string of the molecule is C[Si](C)(O[Si]1(C)CCCCCCCCCC1N)C1CCCCCCCCCC1N. The number of hydrogen-bond donors (Lipinski definition) is 2. The molecule has 0 bridgehead atoms. The summed E-state index contributed by atoms with van der Waals surface area (Å²) in [6, 6.07) is 1.58. The maximum absolute atomic E-state index is 7.33. The van der Waals surface area contributed by atoms with Gasteiger partial charge in [-0.2, -0.15) is 0 Å². The molecule has 2 rings (SSSR count). The van der Waals surface area contributed by atoms with E-state index in [1.807, 2.05) is 0 Å². The third kappa shape index (κ3) is 8.76. The first-order valence-electron chi connectivity index (χ1n) is 13.1. The molecule has 1 aliphatic heterocycles. The third-order valence-electron chi connectivity index (χ3n) is 7.93. The quantitative estimate of drug-likeness (QED) is 0.464. The summed E-state index contributed by atoms with van der Waals surface area (Å²) in [5.41, 5.74) is 14.6. The summed E-state index contributed by atoms with van der Waals surface area (Å²) in [7, 11) is -3.83. The first-order chi connectivity index (χ1) is 13.9. The molecule has 2 aliphatic rings. The number of rotatable bonds is 3. The highest BCUT2D eigenvalue weighted by Gasteiger charge is 2.45. The number of hydrogen-bond acceptors (Lipinski definition) is 3. The summed E-state index contributed by atoms with van der Waals surface area (Å²) < 4.78 is 7.33. The van der Waals surface area contributed by atoms with Gasteiger partial charge in [-0.3, -0.25) is 0 Å². The van der Waals surface area contributed by atoms with E-state index in [4.69, 9.17) is 15.6 Å². The minimum absolute atomic E-state index is 0.298. The maximum atomic E-state index is 7.33. The molecule has 1 heterocycles. The van der Waals surface area contributed by atoms with Gasteiger partial charge in [0.05, 0.1) is 0 Å². The Balaban J connectivity index is 2.10.